The van der Waals surface area contributed by atoms with E-state index < -0.39 is 17.9 Å². The molecule has 1 aliphatic heterocycles. The summed E-state index contributed by atoms with van der Waals surface area (Å²) in [7, 11) is 0. The van der Waals surface area contributed by atoms with Gasteiger partial charge in [-0.1, -0.05) is 6.92 Å². The SMILES string of the molecule is CC(CC(=O)O)CC(=O)N1CCOCC1C(N)=O. The van der Waals surface area contributed by atoms with Crippen molar-refractivity contribution in [2.45, 2.75) is 25.8 Å². The van der Waals surface area contributed by atoms with Gasteiger partial charge in [-0.3, -0.25) is 14.4 Å². The van der Waals surface area contributed by atoms with Crippen LogP contribution in [0.5, 0.6) is 0 Å². The largest absolute Gasteiger partial charge is 0.481 e. The van der Waals surface area contributed by atoms with Crippen LogP contribution >= 0.6 is 0 Å². The minimum absolute atomic E-state index is 0.0721. The van der Waals surface area contributed by atoms with Gasteiger partial charge in [0.2, 0.25) is 11.8 Å². The lowest BCUT2D eigenvalue weighted by atomic mass is 10.0. The maximum absolute atomic E-state index is 12.0. The van der Waals surface area contributed by atoms with Gasteiger partial charge in [0.05, 0.1) is 13.2 Å². The van der Waals surface area contributed by atoms with Gasteiger partial charge in [0.25, 0.3) is 0 Å². The predicted molar refractivity (Wildman–Crippen MR) is 61.5 cm³/mol. The van der Waals surface area contributed by atoms with Gasteiger partial charge in [-0.2, -0.15) is 0 Å². The monoisotopic (exact) mass is 258 g/mol. The normalized spacial score (nSPS) is 21.4. The highest BCUT2D eigenvalue weighted by Crippen LogP contribution is 2.14. The van der Waals surface area contributed by atoms with Crippen LogP contribution in [-0.4, -0.2) is 53.6 Å². The van der Waals surface area contributed by atoms with E-state index in [4.69, 9.17) is 15.6 Å². The molecule has 1 saturated heterocycles. The number of rotatable bonds is 5. The van der Waals surface area contributed by atoms with Crippen molar-refractivity contribution in [1.82, 2.24) is 4.90 Å². The Kier molecular flexibility index (Phi) is 5.08. The number of hydrogen-bond donors (Lipinski definition) is 2. The fourth-order valence-corrected chi connectivity index (χ4v) is 1.92. The van der Waals surface area contributed by atoms with E-state index >= 15 is 0 Å². The van der Waals surface area contributed by atoms with E-state index in [1.807, 2.05) is 0 Å². The van der Waals surface area contributed by atoms with E-state index in [1.165, 1.54) is 4.90 Å². The molecule has 7 nitrogen and oxygen atoms in total. The van der Waals surface area contributed by atoms with Crippen LogP contribution in [0.15, 0.2) is 0 Å². The Morgan fingerprint density at radius 3 is 2.67 bits per heavy atom. The second-order valence-corrected chi connectivity index (χ2v) is 4.49. The third-order valence-electron chi connectivity index (χ3n) is 2.82. The highest BCUT2D eigenvalue weighted by Gasteiger charge is 2.31. The molecular formula is C11H18N2O5. The van der Waals surface area contributed by atoms with Gasteiger partial charge in [-0.15, -0.1) is 0 Å². The Morgan fingerprint density at radius 1 is 1.44 bits per heavy atom. The van der Waals surface area contributed by atoms with Gasteiger partial charge in [-0.25, -0.2) is 0 Å². The minimum atomic E-state index is -0.941. The Morgan fingerprint density at radius 2 is 2.11 bits per heavy atom. The summed E-state index contributed by atoms with van der Waals surface area (Å²) >= 11 is 0. The lowest BCUT2D eigenvalue weighted by Crippen LogP contribution is -2.55. The van der Waals surface area contributed by atoms with Crippen LogP contribution in [0.3, 0.4) is 0 Å². The summed E-state index contributed by atoms with van der Waals surface area (Å²) in [4.78, 5) is 35.1. The van der Waals surface area contributed by atoms with Crippen LogP contribution in [0.2, 0.25) is 0 Å². The summed E-state index contributed by atoms with van der Waals surface area (Å²) in [5.41, 5.74) is 5.20. The number of carboxylic acids is 1. The first kappa shape index (κ1) is 14.4. The molecular weight excluding hydrogens is 240 g/mol. The number of carbonyl (C=O) groups excluding carboxylic acids is 2. The average Bonchev–Trinajstić information content (AvgIpc) is 2.27. The maximum Gasteiger partial charge on any atom is 0.303 e. The van der Waals surface area contributed by atoms with E-state index in [0.717, 1.165) is 0 Å². The molecule has 3 N–H and O–H groups in total. The molecule has 1 fully saturated rings. The standard InChI is InChI=1S/C11H18N2O5/c1-7(5-10(15)16)4-9(14)13-2-3-18-6-8(13)11(12)17/h7-8H,2-6H2,1H3,(H2,12,17)(H,15,16). The van der Waals surface area contributed by atoms with Crippen LogP contribution < -0.4 is 5.73 Å². The van der Waals surface area contributed by atoms with E-state index in [-0.39, 0.29) is 31.3 Å². The summed E-state index contributed by atoms with van der Waals surface area (Å²) in [5.74, 6) is -2.07. The summed E-state index contributed by atoms with van der Waals surface area (Å²) in [6, 6.07) is -0.747. The quantitative estimate of drug-likeness (QED) is 0.670. The third-order valence-corrected chi connectivity index (χ3v) is 2.82. The number of amides is 2. The molecule has 2 unspecified atom stereocenters. The summed E-state index contributed by atoms with van der Waals surface area (Å²) in [5, 5.41) is 8.63. The predicted octanol–water partition coefficient (Wildman–Crippen LogP) is -0.800. The number of carboxylic acid groups (broad SMARTS) is 1. The van der Waals surface area contributed by atoms with Crippen molar-refractivity contribution >= 4 is 17.8 Å². The van der Waals surface area contributed by atoms with Crippen molar-refractivity contribution in [3.63, 3.8) is 0 Å². The van der Waals surface area contributed by atoms with Gasteiger partial charge in [0.15, 0.2) is 0 Å². The number of carbonyl (C=O) groups is 3. The molecule has 1 aliphatic rings. The van der Waals surface area contributed by atoms with Crippen molar-refractivity contribution in [2.75, 3.05) is 19.8 Å². The summed E-state index contributed by atoms with van der Waals surface area (Å²) < 4.78 is 5.10. The van der Waals surface area contributed by atoms with Crippen molar-refractivity contribution in [3.05, 3.63) is 0 Å². The molecule has 0 aromatic carbocycles. The molecule has 0 aliphatic carbocycles. The number of morpholine rings is 1. The van der Waals surface area contributed by atoms with Gasteiger partial charge in [-0.05, 0) is 5.92 Å². The zero-order valence-electron chi connectivity index (χ0n) is 10.3. The van der Waals surface area contributed by atoms with Gasteiger partial charge in [0.1, 0.15) is 6.04 Å². The number of ether oxygens (including phenoxy) is 1. The average molecular weight is 258 g/mol. The molecule has 102 valence electrons. The zero-order valence-corrected chi connectivity index (χ0v) is 10.3. The second-order valence-electron chi connectivity index (χ2n) is 4.49. The highest BCUT2D eigenvalue weighted by molar-refractivity contribution is 5.87. The Labute approximate surface area is 105 Å². The molecule has 2 atom stereocenters. The lowest BCUT2D eigenvalue weighted by molar-refractivity contribution is -0.148. The number of hydrogen-bond acceptors (Lipinski definition) is 4. The molecule has 2 amide bonds. The maximum atomic E-state index is 12.0. The van der Waals surface area contributed by atoms with Crippen molar-refractivity contribution in [1.29, 1.82) is 0 Å². The van der Waals surface area contributed by atoms with Crippen molar-refractivity contribution < 1.29 is 24.2 Å². The summed E-state index contributed by atoms with van der Waals surface area (Å²) in [6.45, 7) is 2.47. The number of nitrogens with two attached hydrogens (primary N) is 1. The van der Waals surface area contributed by atoms with Crippen LogP contribution in [0.4, 0.5) is 0 Å². The van der Waals surface area contributed by atoms with Crippen molar-refractivity contribution in [2.24, 2.45) is 11.7 Å². The van der Waals surface area contributed by atoms with E-state index in [9.17, 15) is 14.4 Å². The third kappa shape index (κ3) is 3.99. The molecule has 1 heterocycles. The molecule has 0 aromatic rings. The number of nitrogens with zero attached hydrogens (tertiary/aromatic N) is 1. The lowest BCUT2D eigenvalue weighted by Gasteiger charge is -2.34. The van der Waals surface area contributed by atoms with E-state index in [1.54, 1.807) is 6.92 Å². The first-order chi connectivity index (χ1) is 8.41. The van der Waals surface area contributed by atoms with Crippen LogP contribution in [0.1, 0.15) is 19.8 Å². The Hall–Kier alpha value is -1.63. The van der Waals surface area contributed by atoms with Gasteiger partial charge in [0, 0.05) is 19.4 Å². The Balaban J connectivity index is 2.58. The minimum Gasteiger partial charge on any atom is -0.481 e. The zero-order chi connectivity index (χ0) is 13.7. The fraction of sp³-hybridized carbons (Fsp3) is 0.727. The molecule has 0 saturated carbocycles. The van der Waals surface area contributed by atoms with E-state index in [0.29, 0.717) is 13.2 Å². The fourth-order valence-electron chi connectivity index (χ4n) is 1.92. The smallest absolute Gasteiger partial charge is 0.303 e. The molecule has 18 heavy (non-hydrogen) atoms. The first-order valence-corrected chi connectivity index (χ1v) is 5.80. The second kappa shape index (κ2) is 6.34. The van der Waals surface area contributed by atoms with E-state index in [2.05, 4.69) is 0 Å². The number of primary amides is 1. The highest BCUT2D eigenvalue weighted by atomic mass is 16.5. The summed E-state index contributed by atoms with van der Waals surface area (Å²) in [6.07, 6.45) is 0.0212. The first-order valence-electron chi connectivity index (χ1n) is 5.80. The van der Waals surface area contributed by atoms with Crippen LogP contribution in [-0.2, 0) is 19.1 Å². The number of aliphatic carboxylic acids is 1. The Bertz CT molecular complexity index is 344. The topological polar surface area (TPSA) is 110 Å². The molecule has 0 aromatic heterocycles. The van der Waals surface area contributed by atoms with Crippen molar-refractivity contribution in [3.8, 4) is 0 Å². The molecule has 1 rings (SSSR count). The molecule has 0 spiro atoms. The molecule has 7 heteroatoms. The molecule has 0 radical (unpaired) electrons. The molecule has 0 bridgehead atoms. The van der Waals surface area contributed by atoms with Gasteiger partial charge >= 0.3 is 5.97 Å². The van der Waals surface area contributed by atoms with Crippen LogP contribution in [0, 0.1) is 5.92 Å². The van der Waals surface area contributed by atoms with Crippen LogP contribution in [0.25, 0.3) is 0 Å². The van der Waals surface area contributed by atoms with Gasteiger partial charge < -0.3 is 20.5 Å².